The van der Waals surface area contributed by atoms with Gasteiger partial charge in [0, 0.05) is 17.2 Å². The van der Waals surface area contributed by atoms with Crippen LogP contribution in [0.25, 0.3) is 11.0 Å². The van der Waals surface area contributed by atoms with Crippen molar-refractivity contribution in [3.63, 3.8) is 0 Å². The maximum absolute atomic E-state index is 6.00. The Labute approximate surface area is 119 Å². The zero-order valence-electron chi connectivity index (χ0n) is 12.2. The molecule has 19 heavy (non-hydrogen) atoms. The summed E-state index contributed by atoms with van der Waals surface area (Å²) >= 11 is 1.97. The summed E-state index contributed by atoms with van der Waals surface area (Å²) in [6.45, 7) is 8.75. The molecule has 2 unspecified atom stereocenters. The van der Waals surface area contributed by atoms with Crippen LogP contribution in [0, 0.1) is 6.92 Å². The number of fused-ring (bicyclic) bond motifs is 1. The maximum Gasteiger partial charge on any atom is 0.134 e. The molecule has 0 amide bonds. The zero-order valence-corrected chi connectivity index (χ0v) is 13.0. The fraction of sp³-hybridized carbons (Fsp3) is 0.500. The third kappa shape index (κ3) is 3.34. The van der Waals surface area contributed by atoms with Crippen LogP contribution in [0.15, 0.2) is 28.7 Å². The molecule has 1 heterocycles. The molecule has 0 fully saturated rings. The summed E-state index contributed by atoms with van der Waals surface area (Å²) < 4.78 is 6.00. The first kappa shape index (κ1) is 14.5. The predicted molar refractivity (Wildman–Crippen MR) is 85.0 cm³/mol. The zero-order chi connectivity index (χ0) is 13.8. The fourth-order valence-electron chi connectivity index (χ4n) is 2.45. The normalized spacial score (nSPS) is 14.7. The van der Waals surface area contributed by atoms with Gasteiger partial charge in [0.05, 0.1) is 6.04 Å². The Bertz CT molecular complexity index is 535. The van der Waals surface area contributed by atoms with Crippen molar-refractivity contribution < 1.29 is 4.42 Å². The van der Waals surface area contributed by atoms with Crippen molar-refractivity contribution in [2.45, 2.75) is 39.8 Å². The number of benzene rings is 1. The van der Waals surface area contributed by atoms with E-state index in [-0.39, 0.29) is 6.04 Å². The second-order valence-corrected chi connectivity index (χ2v) is 6.36. The van der Waals surface area contributed by atoms with E-state index < -0.39 is 0 Å². The first-order chi connectivity index (χ1) is 9.13. The second-order valence-electron chi connectivity index (χ2n) is 5.04. The summed E-state index contributed by atoms with van der Waals surface area (Å²) in [6, 6.07) is 8.99. The molecule has 2 nitrogen and oxygen atoms in total. The lowest BCUT2D eigenvalue weighted by Gasteiger charge is -2.18. The summed E-state index contributed by atoms with van der Waals surface area (Å²) in [7, 11) is 0. The van der Waals surface area contributed by atoms with E-state index in [0.29, 0.717) is 6.04 Å². The number of nitrogens with one attached hydrogen (secondary N) is 1. The Hall–Kier alpha value is -0.930. The van der Waals surface area contributed by atoms with Crippen LogP contribution in [0.2, 0.25) is 0 Å². The van der Waals surface area contributed by atoms with Gasteiger partial charge >= 0.3 is 0 Å². The van der Waals surface area contributed by atoms with Crippen molar-refractivity contribution in [1.82, 2.24) is 5.32 Å². The molecule has 3 heteroatoms. The quantitative estimate of drug-likeness (QED) is 0.839. The van der Waals surface area contributed by atoms with E-state index in [4.69, 9.17) is 4.42 Å². The van der Waals surface area contributed by atoms with Crippen LogP contribution in [-0.2, 0) is 0 Å². The Kier molecular flexibility index (Phi) is 4.94. The molecule has 104 valence electrons. The van der Waals surface area contributed by atoms with Crippen molar-refractivity contribution in [2.75, 3.05) is 11.5 Å². The van der Waals surface area contributed by atoms with Gasteiger partial charge in [0.25, 0.3) is 0 Å². The van der Waals surface area contributed by atoms with Crippen LogP contribution in [-0.4, -0.2) is 17.5 Å². The second kappa shape index (κ2) is 6.49. The molecule has 0 saturated heterocycles. The highest BCUT2D eigenvalue weighted by Gasteiger charge is 2.17. The van der Waals surface area contributed by atoms with Crippen molar-refractivity contribution in [2.24, 2.45) is 0 Å². The van der Waals surface area contributed by atoms with E-state index >= 15 is 0 Å². The molecule has 0 aliphatic carbocycles. The van der Waals surface area contributed by atoms with Crippen molar-refractivity contribution >= 4 is 22.7 Å². The van der Waals surface area contributed by atoms with Gasteiger partial charge in [-0.15, -0.1) is 0 Å². The molecule has 0 spiro atoms. The van der Waals surface area contributed by atoms with Crippen molar-refractivity contribution in [3.05, 3.63) is 35.6 Å². The van der Waals surface area contributed by atoms with E-state index in [9.17, 15) is 0 Å². The molecule has 2 atom stereocenters. The van der Waals surface area contributed by atoms with E-state index in [1.807, 2.05) is 23.9 Å². The minimum atomic E-state index is 0.250. The Balaban J connectivity index is 2.12. The number of para-hydroxylation sites is 1. The van der Waals surface area contributed by atoms with Crippen LogP contribution >= 0.6 is 11.8 Å². The molecule has 2 rings (SSSR count). The number of rotatable bonds is 6. The molecule has 2 aromatic rings. The summed E-state index contributed by atoms with van der Waals surface area (Å²) in [5.41, 5.74) is 2.24. The van der Waals surface area contributed by atoms with Crippen molar-refractivity contribution in [1.29, 1.82) is 0 Å². The van der Waals surface area contributed by atoms with Gasteiger partial charge in [-0.1, -0.05) is 25.1 Å². The van der Waals surface area contributed by atoms with E-state index in [2.05, 4.69) is 45.1 Å². The number of furan rings is 1. The SMILES string of the molecule is CCSCC(C)NC(C)c1oc2ccccc2c1C. The van der Waals surface area contributed by atoms with Gasteiger partial charge in [0.1, 0.15) is 11.3 Å². The molecule has 0 aliphatic rings. The van der Waals surface area contributed by atoms with Gasteiger partial charge in [0.15, 0.2) is 0 Å². The van der Waals surface area contributed by atoms with Gasteiger partial charge in [-0.05, 0) is 38.2 Å². The average Bonchev–Trinajstić information content (AvgIpc) is 2.74. The predicted octanol–water partition coefficient (Wildman–Crippen LogP) is 4.53. The van der Waals surface area contributed by atoms with Crippen LogP contribution in [0.4, 0.5) is 0 Å². The van der Waals surface area contributed by atoms with Crippen LogP contribution < -0.4 is 5.32 Å². The molecule has 1 aromatic heterocycles. The third-order valence-corrected chi connectivity index (χ3v) is 4.52. The highest BCUT2D eigenvalue weighted by Crippen LogP contribution is 2.29. The van der Waals surface area contributed by atoms with Gasteiger partial charge < -0.3 is 9.73 Å². The van der Waals surface area contributed by atoms with Crippen LogP contribution in [0.1, 0.15) is 38.1 Å². The number of hydrogen-bond donors (Lipinski definition) is 1. The van der Waals surface area contributed by atoms with Gasteiger partial charge in [0.2, 0.25) is 0 Å². The first-order valence-corrected chi connectivity index (χ1v) is 8.10. The first-order valence-electron chi connectivity index (χ1n) is 6.95. The minimum absolute atomic E-state index is 0.250. The van der Waals surface area contributed by atoms with Crippen LogP contribution in [0.5, 0.6) is 0 Å². The molecule has 0 bridgehead atoms. The molecule has 0 saturated carbocycles. The van der Waals surface area contributed by atoms with Gasteiger partial charge in [-0.2, -0.15) is 11.8 Å². The number of thioether (sulfide) groups is 1. The molecular formula is C16H23NOS. The Morgan fingerprint density at radius 1 is 1.26 bits per heavy atom. The fourth-order valence-corrected chi connectivity index (χ4v) is 3.14. The summed E-state index contributed by atoms with van der Waals surface area (Å²) in [6.07, 6.45) is 0. The maximum atomic E-state index is 6.00. The average molecular weight is 277 g/mol. The lowest BCUT2D eigenvalue weighted by atomic mass is 10.1. The lowest BCUT2D eigenvalue weighted by Crippen LogP contribution is -2.31. The smallest absolute Gasteiger partial charge is 0.134 e. The van der Waals surface area contributed by atoms with Crippen molar-refractivity contribution in [3.8, 4) is 0 Å². The highest BCUT2D eigenvalue weighted by molar-refractivity contribution is 7.99. The van der Waals surface area contributed by atoms with E-state index in [1.165, 1.54) is 16.7 Å². The number of aryl methyl sites for hydroxylation is 1. The summed E-state index contributed by atoms with van der Waals surface area (Å²) in [5.74, 6) is 3.37. The monoisotopic (exact) mass is 277 g/mol. The summed E-state index contributed by atoms with van der Waals surface area (Å²) in [5, 5.41) is 4.84. The van der Waals surface area contributed by atoms with E-state index in [1.54, 1.807) is 0 Å². The lowest BCUT2D eigenvalue weighted by molar-refractivity contribution is 0.423. The standard InChI is InChI=1S/C16H23NOS/c1-5-19-10-11(2)17-13(4)16-12(3)14-8-6-7-9-15(14)18-16/h6-9,11,13,17H,5,10H2,1-4H3. The Morgan fingerprint density at radius 2 is 2.00 bits per heavy atom. The molecule has 1 N–H and O–H groups in total. The van der Waals surface area contributed by atoms with Gasteiger partial charge in [-0.25, -0.2) is 0 Å². The van der Waals surface area contributed by atoms with E-state index in [0.717, 1.165) is 17.1 Å². The molecule has 0 radical (unpaired) electrons. The highest BCUT2D eigenvalue weighted by atomic mass is 32.2. The third-order valence-electron chi connectivity index (χ3n) is 3.38. The van der Waals surface area contributed by atoms with Crippen LogP contribution in [0.3, 0.4) is 0 Å². The number of hydrogen-bond acceptors (Lipinski definition) is 3. The largest absolute Gasteiger partial charge is 0.459 e. The summed E-state index contributed by atoms with van der Waals surface area (Å²) in [4.78, 5) is 0. The molecular weight excluding hydrogens is 254 g/mol. The van der Waals surface area contributed by atoms with Gasteiger partial charge in [-0.3, -0.25) is 0 Å². The topological polar surface area (TPSA) is 25.2 Å². The minimum Gasteiger partial charge on any atom is -0.459 e. The molecule has 0 aliphatic heterocycles. The Morgan fingerprint density at radius 3 is 2.68 bits per heavy atom. The molecule has 1 aromatic carbocycles.